The average molecular weight is 138 g/mol. The van der Waals surface area contributed by atoms with E-state index in [1.54, 1.807) is 0 Å². The van der Waals surface area contributed by atoms with E-state index < -0.39 is 8.25 Å². The molecule has 0 amide bonds. The van der Waals surface area contributed by atoms with Crippen LogP contribution in [-0.4, -0.2) is 15.3 Å². The first-order chi connectivity index (χ1) is 1.73. The fourth-order valence-electron chi connectivity index (χ4n) is 0. The smallest absolute Gasteiger partial charge is 0.870 e. The first kappa shape index (κ1) is 15.7. The molecule has 0 aromatic carbocycles. The summed E-state index contributed by atoms with van der Waals surface area (Å²) in [4.78, 5) is 14.3. The third kappa shape index (κ3) is 42.4. The van der Waals surface area contributed by atoms with Crippen LogP contribution in [-0.2, 0) is 4.57 Å². The van der Waals surface area contributed by atoms with Gasteiger partial charge in [0.05, 0.1) is 0 Å². The van der Waals surface area contributed by atoms with Crippen molar-refractivity contribution in [3.8, 4) is 0 Å². The van der Waals surface area contributed by atoms with Crippen molar-refractivity contribution in [1.82, 2.24) is 0 Å². The summed E-state index contributed by atoms with van der Waals surface area (Å²) in [7, 11) is -3.13. The van der Waals surface area contributed by atoms with E-state index in [9.17, 15) is 0 Å². The largest absolute Gasteiger partial charge is 1.00 e. The average Bonchev–Trinajstić information content (AvgIpc) is 0.811. The molecule has 0 saturated carbocycles. The fraction of sp³-hybridized carbons (Fsp3) is 0. The zero-order chi connectivity index (χ0) is 3.58. The zero-order valence-corrected chi connectivity index (χ0v) is 7.37. The topological polar surface area (TPSA) is 87.5 Å². The summed E-state index contributed by atoms with van der Waals surface area (Å²) in [6.45, 7) is 0. The van der Waals surface area contributed by atoms with Gasteiger partial charge in [0, 0.05) is 0 Å². The van der Waals surface area contributed by atoms with E-state index in [0.29, 0.717) is 0 Å². The maximum Gasteiger partial charge on any atom is 1.00 e. The SMILES string of the molecule is O=[PH](O)O.[K+].[OH-]. The van der Waals surface area contributed by atoms with E-state index >= 15 is 0 Å². The van der Waals surface area contributed by atoms with Crippen LogP contribution < -0.4 is 51.4 Å². The van der Waals surface area contributed by atoms with E-state index in [0.717, 1.165) is 0 Å². The van der Waals surface area contributed by atoms with Crippen molar-refractivity contribution < 1.29 is 71.2 Å². The predicted molar refractivity (Wildman–Crippen MR) is 15.4 cm³/mol. The van der Waals surface area contributed by atoms with Crippen LogP contribution in [0, 0.1) is 0 Å². The van der Waals surface area contributed by atoms with Gasteiger partial charge in [0.15, 0.2) is 0 Å². The second-order valence-corrected chi connectivity index (χ2v) is 0.848. The Morgan fingerprint density at radius 1 is 1.33 bits per heavy atom. The van der Waals surface area contributed by atoms with Crippen molar-refractivity contribution in [3.05, 3.63) is 0 Å². The second-order valence-electron chi connectivity index (χ2n) is 0.283. The molecule has 6 heavy (non-hydrogen) atoms. The Morgan fingerprint density at radius 2 is 1.33 bits per heavy atom. The third-order valence-corrected chi connectivity index (χ3v) is 0. The Bertz CT molecular complexity index is 30.5. The van der Waals surface area contributed by atoms with Crippen molar-refractivity contribution >= 4 is 8.25 Å². The van der Waals surface area contributed by atoms with Crippen molar-refractivity contribution in [3.63, 3.8) is 0 Å². The Hall–Kier alpha value is 1.75. The molecule has 0 saturated heterocycles. The third-order valence-electron chi connectivity index (χ3n) is 0. The Kier molecular flexibility index (Phi) is 25.8. The molecule has 0 rings (SSSR count). The quantitative estimate of drug-likeness (QED) is 0.265. The molecule has 0 aromatic rings. The first-order valence-corrected chi connectivity index (χ1v) is 1.95. The standard InChI is InChI=1S/K.H3O3P.H2O/c;1-4(2)3;/h;4H,(H2,1,2,3);1H2/q+1;;/p-1. The van der Waals surface area contributed by atoms with E-state index in [4.69, 9.17) is 14.4 Å². The van der Waals surface area contributed by atoms with Gasteiger partial charge in [-0.15, -0.1) is 0 Å². The van der Waals surface area contributed by atoms with Crippen LogP contribution in [0.4, 0.5) is 0 Å². The number of hydrogen-bond donors (Lipinski definition) is 2. The summed E-state index contributed by atoms with van der Waals surface area (Å²) in [6.07, 6.45) is 0. The molecule has 0 aromatic heterocycles. The Labute approximate surface area is 78.2 Å². The monoisotopic (exact) mass is 138 g/mol. The van der Waals surface area contributed by atoms with Crippen LogP contribution in [0.2, 0.25) is 0 Å². The van der Waals surface area contributed by atoms with Crippen molar-refractivity contribution in [1.29, 1.82) is 0 Å². The van der Waals surface area contributed by atoms with Crippen LogP contribution in [0.5, 0.6) is 0 Å². The Balaban J connectivity index is -0.0000000450. The molecule has 0 aliphatic carbocycles. The minimum atomic E-state index is -3.13. The van der Waals surface area contributed by atoms with Crippen LogP contribution in [0.15, 0.2) is 0 Å². The molecule has 34 valence electrons. The summed E-state index contributed by atoms with van der Waals surface area (Å²) < 4.78 is 8.74. The summed E-state index contributed by atoms with van der Waals surface area (Å²) in [6, 6.07) is 0. The summed E-state index contributed by atoms with van der Waals surface area (Å²) in [5, 5.41) is 0. The fourth-order valence-corrected chi connectivity index (χ4v) is 0. The van der Waals surface area contributed by atoms with Crippen LogP contribution in [0.25, 0.3) is 0 Å². The van der Waals surface area contributed by atoms with Gasteiger partial charge in [0.1, 0.15) is 0 Å². The molecule has 0 unspecified atom stereocenters. The number of hydrogen-bond acceptors (Lipinski definition) is 2. The van der Waals surface area contributed by atoms with Gasteiger partial charge in [0.25, 0.3) is 0 Å². The molecule has 0 heterocycles. The molecule has 0 aliphatic heterocycles. The van der Waals surface area contributed by atoms with Gasteiger partial charge in [-0.05, 0) is 0 Å². The molecule has 0 radical (unpaired) electrons. The zero-order valence-electron chi connectivity index (χ0n) is 3.25. The van der Waals surface area contributed by atoms with Crippen LogP contribution in [0.1, 0.15) is 0 Å². The molecule has 0 bridgehead atoms. The molecule has 0 spiro atoms. The van der Waals surface area contributed by atoms with Crippen molar-refractivity contribution in [2.75, 3.05) is 0 Å². The first-order valence-electron chi connectivity index (χ1n) is 0.651. The molecule has 4 nitrogen and oxygen atoms in total. The van der Waals surface area contributed by atoms with Gasteiger partial charge in [-0.3, -0.25) is 4.57 Å². The molecule has 0 aliphatic rings. The molecule has 6 heteroatoms. The second kappa shape index (κ2) is 9.89. The molecular formula is H4KO4P. The molecule has 3 N–H and O–H groups in total. The summed E-state index contributed by atoms with van der Waals surface area (Å²) >= 11 is 0. The van der Waals surface area contributed by atoms with E-state index in [2.05, 4.69) is 0 Å². The number of rotatable bonds is 0. The predicted octanol–water partition coefficient (Wildman–Crippen LogP) is -3.81. The molecule has 0 atom stereocenters. The van der Waals surface area contributed by atoms with Gasteiger partial charge in [-0.25, -0.2) is 0 Å². The van der Waals surface area contributed by atoms with Gasteiger partial charge in [0.2, 0.25) is 0 Å². The van der Waals surface area contributed by atoms with Crippen molar-refractivity contribution in [2.24, 2.45) is 0 Å². The normalized spacial score (nSPS) is 5.83. The molecular weight excluding hydrogens is 134 g/mol. The van der Waals surface area contributed by atoms with Gasteiger partial charge in [-0.2, -0.15) is 0 Å². The summed E-state index contributed by atoms with van der Waals surface area (Å²) in [5.41, 5.74) is 0. The van der Waals surface area contributed by atoms with Crippen molar-refractivity contribution in [2.45, 2.75) is 0 Å². The van der Waals surface area contributed by atoms with E-state index in [1.807, 2.05) is 0 Å². The maximum absolute atomic E-state index is 8.74. The summed E-state index contributed by atoms with van der Waals surface area (Å²) in [5.74, 6) is 0. The van der Waals surface area contributed by atoms with E-state index in [-0.39, 0.29) is 56.9 Å². The van der Waals surface area contributed by atoms with Gasteiger partial charge in [-0.1, -0.05) is 0 Å². The Morgan fingerprint density at radius 3 is 1.33 bits per heavy atom. The van der Waals surface area contributed by atoms with Gasteiger partial charge >= 0.3 is 59.6 Å². The minimum Gasteiger partial charge on any atom is -0.870 e. The minimum absolute atomic E-state index is 0. The van der Waals surface area contributed by atoms with E-state index in [1.165, 1.54) is 0 Å². The van der Waals surface area contributed by atoms with Gasteiger partial charge < -0.3 is 15.3 Å². The van der Waals surface area contributed by atoms with Crippen LogP contribution >= 0.6 is 8.25 Å². The van der Waals surface area contributed by atoms with Crippen LogP contribution in [0.3, 0.4) is 0 Å². The molecule has 0 fully saturated rings. The maximum atomic E-state index is 8.74.